The highest BCUT2D eigenvalue weighted by atomic mass is 16.3. The molecular weight excluding hydrogens is 166 g/mol. The number of aliphatic hydroxyl groups excluding tert-OH is 1. The quantitative estimate of drug-likeness (QED) is 0.614. The summed E-state index contributed by atoms with van der Waals surface area (Å²) in [6, 6.07) is 3.09. The molecule has 2 atom stereocenters. The lowest BCUT2D eigenvalue weighted by molar-refractivity contribution is 0.164. The Bertz CT molecular complexity index is 299. The van der Waals surface area contributed by atoms with Gasteiger partial charge < -0.3 is 16.6 Å². The first-order chi connectivity index (χ1) is 6.02. The molecule has 1 aromatic rings. The fourth-order valence-corrected chi connectivity index (χ4v) is 1.20. The van der Waals surface area contributed by atoms with Crippen LogP contribution in [0.25, 0.3) is 0 Å². The van der Waals surface area contributed by atoms with E-state index in [1.807, 2.05) is 6.92 Å². The Balaban J connectivity index is 3.01. The molecule has 0 saturated carbocycles. The lowest BCUT2D eigenvalue weighted by Crippen LogP contribution is -2.24. The first-order valence-corrected chi connectivity index (χ1v) is 4.19. The van der Waals surface area contributed by atoms with Crippen LogP contribution >= 0.6 is 0 Å². The van der Waals surface area contributed by atoms with Crippen molar-refractivity contribution in [2.75, 3.05) is 5.73 Å². The number of aromatic nitrogens is 1. The van der Waals surface area contributed by atoms with Crippen molar-refractivity contribution in [2.45, 2.75) is 26.0 Å². The number of aliphatic hydroxyl groups is 1. The van der Waals surface area contributed by atoms with Crippen LogP contribution in [0.15, 0.2) is 12.1 Å². The Labute approximate surface area is 77.6 Å². The van der Waals surface area contributed by atoms with Crippen LogP contribution < -0.4 is 11.5 Å². The van der Waals surface area contributed by atoms with Crippen molar-refractivity contribution in [1.29, 1.82) is 0 Å². The van der Waals surface area contributed by atoms with Crippen LogP contribution in [0.3, 0.4) is 0 Å². The standard InChI is InChI=1S/C9H15N3O/c1-5-7(9(11)6(2)13)3-4-8(10)12-5/h3-4,6,9,13H,11H2,1-2H3,(H2,10,12). The molecule has 0 aliphatic carbocycles. The maximum atomic E-state index is 9.28. The van der Waals surface area contributed by atoms with Crippen molar-refractivity contribution in [2.24, 2.45) is 5.73 Å². The number of nitrogens with two attached hydrogens (primary N) is 2. The molecule has 0 aromatic carbocycles. The summed E-state index contributed by atoms with van der Waals surface area (Å²) in [4.78, 5) is 4.06. The molecule has 0 aliphatic heterocycles. The average molecular weight is 181 g/mol. The van der Waals surface area contributed by atoms with E-state index < -0.39 is 12.1 Å². The van der Waals surface area contributed by atoms with Crippen LogP contribution in [0.1, 0.15) is 24.2 Å². The molecule has 4 nitrogen and oxygen atoms in total. The molecule has 2 unspecified atom stereocenters. The maximum absolute atomic E-state index is 9.28. The van der Waals surface area contributed by atoms with E-state index in [1.165, 1.54) is 0 Å². The Morgan fingerprint density at radius 1 is 1.46 bits per heavy atom. The number of rotatable bonds is 2. The largest absolute Gasteiger partial charge is 0.391 e. The van der Waals surface area contributed by atoms with E-state index in [1.54, 1.807) is 19.1 Å². The molecular formula is C9H15N3O. The smallest absolute Gasteiger partial charge is 0.123 e. The van der Waals surface area contributed by atoms with Gasteiger partial charge in [-0.3, -0.25) is 0 Å². The molecule has 1 heterocycles. The zero-order chi connectivity index (χ0) is 10.0. The second-order valence-electron chi connectivity index (χ2n) is 3.18. The summed E-state index contributed by atoms with van der Waals surface area (Å²) in [5, 5.41) is 9.28. The molecule has 1 aromatic heterocycles. The monoisotopic (exact) mass is 181 g/mol. The SMILES string of the molecule is Cc1nc(N)ccc1C(N)C(C)O. The van der Waals surface area contributed by atoms with Gasteiger partial charge in [0, 0.05) is 5.69 Å². The number of anilines is 1. The van der Waals surface area contributed by atoms with E-state index in [9.17, 15) is 5.11 Å². The summed E-state index contributed by atoms with van der Waals surface area (Å²) in [6.07, 6.45) is -0.580. The predicted molar refractivity (Wildman–Crippen MR) is 52.0 cm³/mol. The van der Waals surface area contributed by atoms with Crippen molar-refractivity contribution < 1.29 is 5.11 Å². The molecule has 0 fully saturated rings. The van der Waals surface area contributed by atoms with Gasteiger partial charge in [-0.2, -0.15) is 0 Å². The Morgan fingerprint density at radius 2 is 2.08 bits per heavy atom. The number of nitrogen functional groups attached to an aromatic ring is 1. The normalized spacial score (nSPS) is 15.4. The second-order valence-corrected chi connectivity index (χ2v) is 3.18. The lowest BCUT2D eigenvalue weighted by atomic mass is 10.0. The summed E-state index contributed by atoms with van der Waals surface area (Å²) >= 11 is 0. The zero-order valence-electron chi connectivity index (χ0n) is 7.86. The van der Waals surface area contributed by atoms with Gasteiger partial charge in [0.25, 0.3) is 0 Å². The van der Waals surface area contributed by atoms with Crippen LogP contribution in [0, 0.1) is 6.92 Å². The summed E-state index contributed by atoms with van der Waals surface area (Å²) in [7, 11) is 0. The summed E-state index contributed by atoms with van der Waals surface area (Å²) < 4.78 is 0. The van der Waals surface area contributed by atoms with Gasteiger partial charge in [-0.05, 0) is 25.5 Å². The van der Waals surface area contributed by atoms with Gasteiger partial charge in [-0.15, -0.1) is 0 Å². The first-order valence-electron chi connectivity index (χ1n) is 4.19. The molecule has 5 N–H and O–H groups in total. The van der Waals surface area contributed by atoms with Gasteiger partial charge in [0.1, 0.15) is 5.82 Å². The van der Waals surface area contributed by atoms with Crippen LogP contribution in [-0.2, 0) is 0 Å². The van der Waals surface area contributed by atoms with Crippen molar-refractivity contribution >= 4 is 5.82 Å². The Morgan fingerprint density at radius 3 is 2.54 bits per heavy atom. The fraction of sp³-hybridized carbons (Fsp3) is 0.444. The number of pyridine rings is 1. The van der Waals surface area contributed by atoms with Gasteiger partial charge in [-0.1, -0.05) is 6.07 Å². The highest BCUT2D eigenvalue weighted by Gasteiger charge is 2.14. The van der Waals surface area contributed by atoms with Gasteiger partial charge in [0.15, 0.2) is 0 Å². The van der Waals surface area contributed by atoms with Gasteiger partial charge in [0.05, 0.1) is 12.1 Å². The number of hydrogen-bond donors (Lipinski definition) is 3. The van der Waals surface area contributed by atoms with E-state index >= 15 is 0 Å². The number of hydrogen-bond acceptors (Lipinski definition) is 4. The third-order valence-electron chi connectivity index (χ3n) is 2.03. The molecule has 0 amide bonds. The van der Waals surface area contributed by atoms with Crippen LogP contribution in [0.5, 0.6) is 0 Å². The molecule has 0 spiro atoms. The minimum absolute atomic E-state index is 0.395. The minimum Gasteiger partial charge on any atom is -0.391 e. The average Bonchev–Trinajstić information content (AvgIpc) is 2.03. The zero-order valence-corrected chi connectivity index (χ0v) is 7.86. The van der Waals surface area contributed by atoms with Gasteiger partial charge in [-0.25, -0.2) is 4.98 Å². The predicted octanol–water partition coefficient (Wildman–Crippen LogP) is 0.353. The highest BCUT2D eigenvalue weighted by Crippen LogP contribution is 2.17. The Hall–Kier alpha value is -1.13. The van der Waals surface area contributed by atoms with Crippen LogP contribution in [0.4, 0.5) is 5.82 Å². The second kappa shape index (κ2) is 3.72. The number of nitrogens with zero attached hydrogens (tertiary/aromatic N) is 1. The fourth-order valence-electron chi connectivity index (χ4n) is 1.20. The Kier molecular flexibility index (Phi) is 2.85. The molecule has 0 aliphatic rings. The van der Waals surface area contributed by atoms with E-state index in [4.69, 9.17) is 11.5 Å². The summed E-state index contributed by atoms with van der Waals surface area (Å²) in [6.45, 7) is 3.48. The highest BCUT2D eigenvalue weighted by molar-refractivity contribution is 5.35. The number of aryl methyl sites for hydroxylation is 1. The molecule has 4 heteroatoms. The van der Waals surface area contributed by atoms with Crippen molar-refractivity contribution in [3.05, 3.63) is 23.4 Å². The summed E-state index contributed by atoms with van der Waals surface area (Å²) in [5.41, 5.74) is 12.9. The van der Waals surface area contributed by atoms with Gasteiger partial charge in [0.2, 0.25) is 0 Å². The lowest BCUT2D eigenvalue weighted by Gasteiger charge is -2.16. The van der Waals surface area contributed by atoms with Crippen LogP contribution in [0.2, 0.25) is 0 Å². The van der Waals surface area contributed by atoms with Crippen LogP contribution in [-0.4, -0.2) is 16.2 Å². The third-order valence-corrected chi connectivity index (χ3v) is 2.03. The van der Waals surface area contributed by atoms with Crippen molar-refractivity contribution in [3.8, 4) is 0 Å². The third kappa shape index (κ3) is 2.17. The molecule has 0 bridgehead atoms. The molecule has 0 radical (unpaired) electrons. The summed E-state index contributed by atoms with van der Waals surface area (Å²) in [5.74, 6) is 0.471. The molecule has 1 rings (SSSR count). The molecule has 72 valence electrons. The van der Waals surface area contributed by atoms with E-state index in [0.717, 1.165) is 11.3 Å². The molecule has 0 saturated heterocycles. The first kappa shape index (κ1) is 9.95. The topological polar surface area (TPSA) is 85.2 Å². The van der Waals surface area contributed by atoms with Crippen molar-refractivity contribution in [3.63, 3.8) is 0 Å². The molecule has 13 heavy (non-hydrogen) atoms. The van der Waals surface area contributed by atoms with E-state index in [0.29, 0.717) is 5.82 Å². The van der Waals surface area contributed by atoms with Crippen molar-refractivity contribution in [1.82, 2.24) is 4.98 Å². The maximum Gasteiger partial charge on any atom is 0.123 e. The minimum atomic E-state index is -0.580. The van der Waals surface area contributed by atoms with E-state index in [2.05, 4.69) is 4.98 Å². The van der Waals surface area contributed by atoms with E-state index in [-0.39, 0.29) is 0 Å². The van der Waals surface area contributed by atoms with Gasteiger partial charge >= 0.3 is 0 Å².